The van der Waals surface area contributed by atoms with Crippen LogP contribution in [0.3, 0.4) is 0 Å². The summed E-state index contributed by atoms with van der Waals surface area (Å²) in [6.07, 6.45) is 1.36. The number of carbonyl (C=O) groups excluding carboxylic acids is 2. The van der Waals surface area contributed by atoms with Crippen molar-refractivity contribution in [3.63, 3.8) is 0 Å². The standard InChI is InChI=1S/C23H28N4O6S/c1-17(2)6-11-22(28)25-12-14-26(15-13-25)23(29)18-7-9-19(10-8-18)24-34(32,33)21-5-3-4-20(16-21)27(30)31/h3-5,7-10,16-17,24H,6,11-15H2,1-2H3. The van der Waals surface area contributed by atoms with Crippen molar-refractivity contribution in [3.8, 4) is 0 Å². The SMILES string of the molecule is CC(C)CCC(=O)N1CCN(C(=O)c2ccc(NS(=O)(=O)c3cccc([N+](=O)[O-])c3)cc2)CC1. The van der Waals surface area contributed by atoms with Gasteiger partial charge in [-0.25, -0.2) is 8.42 Å². The lowest BCUT2D eigenvalue weighted by Crippen LogP contribution is -2.50. The van der Waals surface area contributed by atoms with E-state index < -0.39 is 14.9 Å². The minimum atomic E-state index is -4.03. The predicted molar refractivity (Wildman–Crippen MR) is 127 cm³/mol. The molecule has 2 amide bonds. The third-order valence-corrected chi connectivity index (χ3v) is 6.96. The number of rotatable bonds is 8. The van der Waals surface area contributed by atoms with Crippen LogP contribution in [0.4, 0.5) is 11.4 Å². The van der Waals surface area contributed by atoms with Gasteiger partial charge in [-0.3, -0.25) is 24.4 Å². The van der Waals surface area contributed by atoms with Crippen molar-refractivity contribution in [2.24, 2.45) is 5.92 Å². The number of nitrogens with zero attached hydrogens (tertiary/aromatic N) is 3. The average Bonchev–Trinajstić information content (AvgIpc) is 2.82. The lowest BCUT2D eigenvalue weighted by molar-refractivity contribution is -0.385. The van der Waals surface area contributed by atoms with Crippen molar-refractivity contribution < 1.29 is 22.9 Å². The normalized spacial score (nSPS) is 14.2. The van der Waals surface area contributed by atoms with Gasteiger partial charge in [0.05, 0.1) is 9.82 Å². The summed E-state index contributed by atoms with van der Waals surface area (Å²) in [4.78, 5) is 38.6. The zero-order valence-electron chi connectivity index (χ0n) is 19.1. The topological polar surface area (TPSA) is 130 Å². The summed E-state index contributed by atoms with van der Waals surface area (Å²) >= 11 is 0. The number of anilines is 1. The number of piperazine rings is 1. The second-order valence-corrected chi connectivity index (χ2v) is 10.2. The zero-order chi connectivity index (χ0) is 24.9. The maximum atomic E-state index is 12.8. The molecule has 0 radical (unpaired) electrons. The summed E-state index contributed by atoms with van der Waals surface area (Å²) in [6, 6.07) is 10.7. The Morgan fingerprint density at radius 3 is 2.24 bits per heavy atom. The van der Waals surface area contributed by atoms with E-state index in [9.17, 15) is 28.1 Å². The number of non-ortho nitro benzene ring substituents is 1. The Kier molecular flexibility index (Phi) is 7.87. The molecule has 0 saturated carbocycles. The van der Waals surface area contributed by atoms with E-state index in [0.29, 0.717) is 44.1 Å². The van der Waals surface area contributed by atoms with Crippen molar-refractivity contribution in [1.82, 2.24) is 9.80 Å². The zero-order valence-corrected chi connectivity index (χ0v) is 20.0. The van der Waals surface area contributed by atoms with Gasteiger partial charge in [-0.2, -0.15) is 0 Å². The Morgan fingerprint density at radius 1 is 1.03 bits per heavy atom. The molecule has 182 valence electrons. The molecule has 2 aromatic rings. The van der Waals surface area contributed by atoms with Crippen LogP contribution >= 0.6 is 0 Å². The summed E-state index contributed by atoms with van der Waals surface area (Å²) in [6.45, 7) is 6.01. The van der Waals surface area contributed by atoms with E-state index in [1.54, 1.807) is 9.80 Å². The largest absolute Gasteiger partial charge is 0.339 e. The smallest absolute Gasteiger partial charge is 0.270 e. The predicted octanol–water partition coefficient (Wildman–Crippen LogP) is 3.12. The molecular weight excluding hydrogens is 460 g/mol. The highest BCUT2D eigenvalue weighted by Gasteiger charge is 2.25. The van der Waals surface area contributed by atoms with Crippen molar-refractivity contribution in [1.29, 1.82) is 0 Å². The minimum absolute atomic E-state index is 0.112. The quantitative estimate of drug-likeness (QED) is 0.449. The summed E-state index contributed by atoms with van der Waals surface area (Å²) in [7, 11) is -4.03. The van der Waals surface area contributed by atoms with Gasteiger partial charge in [0.2, 0.25) is 5.91 Å². The molecule has 1 aliphatic heterocycles. The Hall–Kier alpha value is -3.47. The van der Waals surface area contributed by atoms with Crippen LogP contribution in [0.1, 0.15) is 37.0 Å². The number of nitro benzene ring substituents is 1. The molecule has 0 aromatic heterocycles. The minimum Gasteiger partial charge on any atom is -0.339 e. The monoisotopic (exact) mass is 488 g/mol. The van der Waals surface area contributed by atoms with E-state index in [1.807, 2.05) is 0 Å². The van der Waals surface area contributed by atoms with Crippen LogP contribution in [0.5, 0.6) is 0 Å². The number of amides is 2. The molecule has 1 N–H and O–H groups in total. The van der Waals surface area contributed by atoms with Crippen molar-refractivity contribution in [2.75, 3.05) is 30.9 Å². The number of benzene rings is 2. The van der Waals surface area contributed by atoms with E-state index in [2.05, 4.69) is 18.6 Å². The highest BCUT2D eigenvalue weighted by Crippen LogP contribution is 2.21. The number of hydrogen-bond donors (Lipinski definition) is 1. The van der Waals surface area contributed by atoms with Gasteiger partial charge in [0.1, 0.15) is 0 Å². The third-order valence-electron chi connectivity index (χ3n) is 5.58. The molecule has 1 fully saturated rings. The Bertz CT molecular complexity index is 1160. The molecule has 2 aromatic carbocycles. The van der Waals surface area contributed by atoms with Gasteiger partial charge in [0.15, 0.2) is 0 Å². The average molecular weight is 489 g/mol. The van der Waals surface area contributed by atoms with Gasteiger partial charge < -0.3 is 9.80 Å². The van der Waals surface area contributed by atoms with E-state index in [4.69, 9.17) is 0 Å². The first-order valence-electron chi connectivity index (χ1n) is 11.0. The lowest BCUT2D eigenvalue weighted by Gasteiger charge is -2.35. The van der Waals surface area contributed by atoms with Crippen LogP contribution in [0.25, 0.3) is 0 Å². The fourth-order valence-electron chi connectivity index (χ4n) is 3.57. The van der Waals surface area contributed by atoms with Crippen molar-refractivity contribution >= 4 is 33.2 Å². The summed E-state index contributed by atoms with van der Waals surface area (Å²) in [5.41, 5.74) is 0.298. The Morgan fingerprint density at radius 2 is 1.65 bits per heavy atom. The highest BCUT2D eigenvalue weighted by atomic mass is 32.2. The number of hydrogen-bond acceptors (Lipinski definition) is 6. The van der Waals surface area contributed by atoms with Crippen molar-refractivity contribution in [2.45, 2.75) is 31.6 Å². The Labute approximate surface area is 198 Å². The second kappa shape index (κ2) is 10.6. The molecule has 34 heavy (non-hydrogen) atoms. The molecule has 1 aliphatic rings. The van der Waals surface area contributed by atoms with Crippen LogP contribution in [-0.4, -0.2) is 61.1 Å². The summed E-state index contributed by atoms with van der Waals surface area (Å²) < 4.78 is 27.5. The first-order chi connectivity index (χ1) is 16.1. The van der Waals surface area contributed by atoms with E-state index in [-0.39, 0.29) is 28.1 Å². The first kappa shape index (κ1) is 25.2. The molecule has 0 spiro atoms. The molecule has 3 rings (SSSR count). The summed E-state index contributed by atoms with van der Waals surface area (Å²) in [5, 5.41) is 10.9. The third kappa shape index (κ3) is 6.31. The molecule has 0 unspecified atom stereocenters. The number of nitrogens with one attached hydrogen (secondary N) is 1. The maximum Gasteiger partial charge on any atom is 0.270 e. The van der Waals surface area contributed by atoms with Gasteiger partial charge >= 0.3 is 0 Å². The molecule has 1 saturated heterocycles. The molecular formula is C23H28N4O6S. The van der Waals surface area contributed by atoms with E-state index >= 15 is 0 Å². The molecule has 1 heterocycles. The van der Waals surface area contributed by atoms with Gasteiger partial charge in [0.25, 0.3) is 21.6 Å². The molecule has 0 atom stereocenters. The van der Waals surface area contributed by atoms with Gasteiger partial charge in [-0.1, -0.05) is 19.9 Å². The first-order valence-corrected chi connectivity index (χ1v) is 12.5. The highest BCUT2D eigenvalue weighted by molar-refractivity contribution is 7.92. The molecule has 0 aliphatic carbocycles. The summed E-state index contributed by atoms with van der Waals surface area (Å²) in [5.74, 6) is 0.383. The lowest BCUT2D eigenvalue weighted by atomic mass is 10.1. The van der Waals surface area contributed by atoms with Crippen LogP contribution in [0, 0.1) is 16.0 Å². The molecule has 0 bridgehead atoms. The van der Waals surface area contributed by atoms with Crippen LogP contribution in [0.2, 0.25) is 0 Å². The van der Waals surface area contributed by atoms with Crippen molar-refractivity contribution in [3.05, 3.63) is 64.2 Å². The fraction of sp³-hybridized carbons (Fsp3) is 0.391. The Balaban J connectivity index is 1.59. The number of sulfonamides is 1. The van der Waals surface area contributed by atoms with Crippen LogP contribution < -0.4 is 4.72 Å². The maximum absolute atomic E-state index is 12.8. The number of carbonyl (C=O) groups is 2. The fourth-order valence-corrected chi connectivity index (χ4v) is 4.67. The van der Waals surface area contributed by atoms with Crippen LogP contribution in [0.15, 0.2) is 53.4 Å². The van der Waals surface area contributed by atoms with Gasteiger partial charge in [-0.05, 0) is 42.7 Å². The van der Waals surface area contributed by atoms with Gasteiger partial charge in [-0.15, -0.1) is 0 Å². The molecule has 11 heteroatoms. The second-order valence-electron chi connectivity index (χ2n) is 8.54. The van der Waals surface area contributed by atoms with E-state index in [0.717, 1.165) is 12.5 Å². The van der Waals surface area contributed by atoms with E-state index in [1.165, 1.54) is 42.5 Å². The van der Waals surface area contributed by atoms with Crippen LogP contribution in [-0.2, 0) is 14.8 Å². The van der Waals surface area contributed by atoms with Gasteiger partial charge in [0, 0.05) is 56.0 Å². The number of nitro groups is 1. The molecule has 10 nitrogen and oxygen atoms in total.